The fraction of sp³-hybridized carbons (Fsp3) is 0.692. The molecule has 0 amide bonds. The van der Waals surface area contributed by atoms with Gasteiger partial charge < -0.3 is 14.6 Å². The number of sulfonamides is 1. The number of aryl methyl sites for hydroxylation is 1. The molecule has 0 unspecified atom stereocenters. The molecule has 0 aliphatic rings. The third kappa shape index (κ3) is 4.05. The van der Waals surface area contributed by atoms with Crippen LogP contribution < -0.4 is 0 Å². The number of nitrogens with zero attached hydrogens (tertiary/aromatic N) is 3. The van der Waals surface area contributed by atoms with Crippen molar-refractivity contribution in [2.45, 2.75) is 24.8 Å². The predicted octanol–water partition coefficient (Wildman–Crippen LogP) is 0.480. The Morgan fingerprint density at radius 3 is 2.35 bits per heavy atom. The monoisotopic (exact) mass is 303 g/mol. The van der Waals surface area contributed by atoms with Crippen LogP contribution in [-0.4, -0.2) is 61.0 Å². The Bertz CT molecular complexity index is 523. The molecule has 0 radical (unpaired) electrons. The molecule has 1 N–H and O–H groups in total. The molecule has 0 saturated heterocycles. The van der Waals surface area contributed by atoms with E-state index in [1.54, 1.807) is 17.8 Å². The molecule has 0 atom stereocenters. The van der Waals surface area contributed by atoms with Gasteiger partial charge in [-0.05, 0) is 26.6 Å². The lowest BCUT2D eigenvalue weighted by molar-refractivity contribution is 0.272. The molecule has 7 heteroatoms. The van der Waals surface area contributed by atoms with Crippen LogP contribution in [0.4, 0.5) is 0 Å². The van der Waals surface area contributed by atoms with E-state index in [2.05, 4.69) is 0 Å². The summed E-state index contributed by atoms with van der Waals surface area (Å²) in [4.78, 5) is 2.21. The maximum Gasteiger partial charge on any atom is 0.244 e. The second-order valence-electron chi connectivity index (χ2n) is 5.14. The lowest BCUT2D eigenvalue weighted by atomic mass is 10.4. The van der Waals surface area contributed by atoms with E-state index in [1.165, 1.54) is 10.4 Å². The van der Waals surface area contributed by atoms with Crippen LogP contribution in [0, 0.1) is 0 Å². The molecule has 0 aliphatic heterocycles. The maximum absolute atomic E-state index is 12.6. The number of hydrogen-bond donors (Lipinski definition) is 1. The van der Waals surface area contributed by atoms with Crippen molar-refractivity contribution >= 4 is 10.0 Å². The zero-order valence-electron chi connectivity index (χ0n) is 12.7. The minimum atomic E-state index is -3.50. The third-order valence-electron chi connectivity index (χ3n) is 3.15. The van der Waals surface area contributed by atoms with Crippen molar-refractivity contribution in [3.05, 3.63) is 18.0 Å². The first-order valence-electron chi connectivity index (χ1n) is 6.74. The van der Waals surface area contributed by atoms with Gasteiger partial charge in [0.1, 0.15) is 4.90 Å². The summed E-state index contributed by atoms with van der Waals surface area (Å²) in [6, 6.07) is 1.54. The Kier molecular flexibility index (Phi) is 6.19. The zero-order chi connectivity index (χ0) is 15.3. The van der Waals surface area contributed by atoms with Gasteiger partial charge in [0.05, 0.1) is 6.61 Å². The lowest BCUT2D eigenvalue weighted by Crippen LogP contribution is -2.37. The summed E-state index contributed by atoms with van der Waals surface area (Å²) < 4.78 is 28.4. The first kappa shape index (κ1) is 17.2. The van der Waals surface area contributed by atoms with E-state index in [4.69, 9.17) is 0 Å². The summed E-state index contributed by atoms with van der Waals surface area (Å²) in [7, 11) is 2.07. The van der Waals surface area contributed by atoms with E-state index in [9.17, 15) is 13.5 Å². The van der Waals surface area contributed by atoms with Crippen LogP contribution in [0.25, 0.3) is 0 Å². The number of aromatic nitrogens is 1. The number of likely N-dealkylation sites (N-methyl/N-ethyl adjacent to an activating group) is 1. The van der Waals surface area contributed by atoms with Crippen LogP contribution in [0.2, 0.25) is 0 Å². The molecule has 1 heterocycles. The Hall–Kier alpha value is -0.890. The van der Waals surface area contributed by atoms with E-state index >= 15 is 0 Å². The second-order valence-corrected chi connectivity index (χ2v) is 7.08. The SMILES string of the molecule is CCCN(CCN(C)C)S(=O)(=O)c1cc(CO)n(C)c1. The molecule has 1 rings (SSSR count). The minimum absolute atomic E-state index is 0.169. The number of rotatable bonds is 8. The summed E-state index contributed by atoms with van der Waals surface area (Å²) in [6.07, 6.45) is 2.32. The summed E-state index contributed by atoms with van der Waals surface area (Å²) >= 11 is 0. The van der Waals surface area contributed by atoms with Gasteiger partial charge in [0.25, 0.3) is 0 Å². The van der Waals surface area contributed by atoms with Crippen LogP contribution in [0.5, 0.6) is 0 Å². The molecule has 0 fully saturated rings. The Labute approximate surface area is 121 Å². The lowest BCUT2D eigenvalue weighted by Gasteiger charge is -2.22. The fourth-order valence-corrected chi connectivity index (χ4v) is 3.56. The summed E-state index contributed by atoms with van der Waals surface area (Å²) in [5.41, 5.74) is 0.590. The molecule has 1 aromatic rings. The van der Waals surface area contributed by atoms with Gasteiger partial charge >= 0.3 is 0 Å². The van der Waals surface area contributed by atoms with Crippen molar-refractivity contribution in [1.82, 2.24) is 13.8 Å². The zero-order valence-corrected chi connectivity index (χ0v) is 13.5. The van der Waals surface area contributed by atoms with Gasteiger partial charge in [-0.1, -0.05) is 6.92 Å². The largest absolute Gasteiger partial charge is 0.390 e. The summed E-state index contributed by atoms with van der Waals surface area (Å²) in [5.74, 6) is 0. The average molecular weight is 303 g/mol. The Morgan fingerprint density at radius 2 is 1.90 bits per heavy atom. The highest BCUT2D eigenvalue weighted by atomic mass is 32.2. The average Bonchev–Trinajstić information content (AvgIpc) is 2.76. The first-order chi connectivity index (χ1) is 9.32. The van der Waals surface area contributed by atoms with Gasteiger partial charge in [-0.15, -0.1) is 0 Å². The van der Waals surface area contributed by atoms with Crippen LogP contribution in [0.3, 0.4) is 0 Å². The number of aliphatic hydroxyl groups excluding tert-OH is 1. The Morgan fingerprint density at radius 1 is 1.25 bits per heavy atom. The fourth-order valence-electron chi connectivity index (χ4n) is 1.94. The molecule has 0 aliphatic carbocycles. The normalized spacial score (nSPS) is 12.6. The molecule has 116 valence electrons. The standard InChI is InChI=1S/C13H25N3O3S/c1-5-6-16(8-7-14(2)3)20(18,19)13-9-12(11-17)15(4)10-13/h9-10,17H,5-8,11H2,1-4H3. The van der Waals surface area contributed by atoms with Gasteiger partial charge in [-0.3, -0.25) is 0 Å². The van der Waals surface area contributed by atoms with Crippen LogP contribution in [0.1, 0.15) is 19.0 Å². The van der Waals surface area contributed by atoms with Crippen LogP contribution >= 0.6 is 0 Å². The van der Waals surface area contributed by atoms with Crippen molar-refractivity contribution in [2.75, 3.05) is 33.7 Å². The minimum Gasteiger partial charge on any atom is -0.390 e. The molecule has 0 bridgehead atoms. The third-order valence-corrected chi connectivity index (χ3v) is 5.02. The quantitative estimate of drug-likeness (QED) is 0.758. The molecule has 0 spiro atoms. The van der Waals surface area contributed by atoms with Gasteiger partial charge in [0, 0.05) is 38.6 Å². The van der Waals surface area contributed by atoms with Crippen molar-refractivity contribution in [1.29, 1.82) is 0 Å². The van der Waals surface area contributed by atoms with Crippen LogP contribution in [0.15, 0.2) is 17.2 Å². The highest BCUT2D eigenvalue weighted by Crippen LogP contribution is 2.18. The summed E-state index contributed by atoms with van der Waals surface area (Å²) in [5, 5.41) is 9.18. The van der Waals surface area contributed by atoms with Gasteiger partial charge in [-0.25, -0.2) is 8.42 Å². The topological polar surface area (TPSA) is 65.8 Å². The second kappa shape index (κ2) is 7.21. The molecule has 0 aromatic carbocycles. The highest BCUT2D eigenvalue weighted by molar-refractivity contribution is 7.89. The molecular weight excluding hydrogens is 278 g/mol. The molecule has 1 aromatic heterocycles. The van der Waals surface area contributed by atoms with Crippen molar-refractivity contribution in [3.8, 4) is 0 Å². The van der Waals surface area contributed by atoms with E-state index in [-0.39, 0.29) is 11.5 Å². The predicted molar refractivity (Wildman–Crippen MR) is 78.9 cm³/mol. The van der Waals surface area contributed by atoms with Crippen molar-refractivity contribution in [3.63, 3.8) is 0 Å². The van der Waals surface area contributed by atoms with E-state index in [1.807, 2.05) is 25.9 Å². The van der Waals surface area contributed by atoms with Crippen LogP contribution in [-0.2, 0) is 23.7 Å². The smallest absolute Gasteiger partial charge is 0.244 e. The first-order valence-corrected chi connectivity index (χ1v) is 8.18. The van der Waals surface area contributed by atoms with E-state index < -0.39 is 10.0 Å². The summed E-state index contributed by atoms with van der Waals surface area (Å²) in [6.45, 7) is 3.44. The van der Waals surface area contributed by atoms with E-state index in [0.717, 1.165) is 6.42 Å². The number of hydrogen-bond acceptors (Lipinski definition) is 4. The molecular formula is C13H25N3O3S. The number of aliphatic hydroxyl groups is 1. The Balaban J connectivity index is 3.02. The molecule has 20 heavy (non-hydrogen) atoms. The maximum atomic E-state index is 12.6. The molecule has 0 saturated carbocycles. The van der Waals surface area contributed by atoms with Crippen molar-refractivity contribution < 1.29 is 13.5 Å². The van der Waals surface area contributed by atoms with Gasteiger partial charge in [-0.2, -0.15) is 4.31 Å². The highest BCUT2D eigenvalue weighted by Gasteiger charge is 2.25. The molecule has 6 nitrogen and oxygen atoms in total. The van der Waals surface area contributed by atoms with Gasteiger partial charge in [0.15, 0.2) is 0 Å². The van der Waals surface area contributed by atoms with Gasteiger partial charge in [0.2, 0.25) is 10.0 Å². The van der Waals surface area contributed by atoms with Crippen molar-refractivity contribution in [2.24, 2.45) is 7.05 Å². The van der Waals surface area contributed by atoms with E-state index in [0.29, 0.717) is 25.3 Å².